The number of aromatic nitrogens is 2. The van der Waals surface area contributed by atoms with Crippen LogP contribution in [-0.2, 0) is 17.8 Å². The molecule has 2 aromatic carbocycles. The molecule has 3 rings (SSSR count). The van der Waals surface area contributed by atoms with Crippen LogP contribution in [0.3, 0.4) is 0 Å². The molecule has 0 N–H and O–H groups in total. The van der Waals surface area contributed by atoms with Crippen LogP contribution in [0.2, 0.25) is 5.02 Å². The second-order valence-electron chi connectivity index (χ2n) is 5.43. The van der Waals surface area contributed by atoms with Gasteiger partial charge in [0.1, 0.15) is 0 Å². The molecule has 6 heteroatoms. The maximum atomic E-state index is 12.3. The summed E-state index contributed by atoms with van der Waals surface area (Å²) in [5.41, 5.74) is 1.79. The lowest BCUT2D eigenvalue weighted by atomic mass is 10.1. The zero-order chi connectivity index (χ0) is 16.9. The molecule has 1 amide bonds. The number of hydrogen-bond acceptors (Lipinski definition) is 4. The predicted octanol–water partition coefficient (Wildman–Crippen LogP) is 3.59. The number of rotatable bonds is 5. The van der Waals surface area contributed by atoms with Crippen molar-refractivity contribution < 1.29 is 9.32 Å². The van der Waals surface area contributed by atoms with Crippen molar-refractivity contribution in [2.45, 2.75) is 13.0 Å². The average Bonchev–Trinajstić information content (AvgIpc) is 3.06. The second kappa shape index (κ2) is 7.27. The molecule has 1 aromatic heterocycles. The fourth-order valence-corrected chi connectivity index (χ4v) is 2.35. The second-order valence-corrected chi connectivity index (χ2v) is 5.87. The van der Waals surface area contributed by atoms with Gasteiger partial charge >= 0.3 is 0 Å². The molecule has 0 bridgehead atoms. The van der Waals surface area contributed by atoms with Crippen molar-refractivity contribution in [2.75, 3.05) is 7.05 Å². The molecule has 0 fully saturated rings. The van der Waals surface area contributed by atoms with Gasteiger partial charge in [0.2, 0.25) is 17.6 Å². The van der Waals surface area contributed by atoms with Gasteiger partial charge < -0.3 is 9.42 Å². The van der Waals surface area contributed by atoms with Crippen molar-refractivity contribution in [3.63, 3.8) is 0 Å². The molecule has 0 radical (unpaired) electrons. The minimum Gasteiger partial charge on any atom is -0.337 e. The standard InChI is InChI=1S/C18H16ClN3O2/c1-22(17(23)11-13-7-9-15(19)10-8-13)12-16-20-18(21-24-16)14-5-3-2-4-6-14/h2-10H,11-12H2,1H3. The third-order valence-corrected chi connectivity index (χ3v) is 3.82. The lowest BCUT2D eigenvalue weighted by molar-refractivity contribution is -0.130. The molecule has 0 saturated carbocycles. The summed E-state index contributed by atoms with van der Waals surface area (Å²) in [6.45, 7) is 0.270. The molecule has 0 saturated heterocycles. The summed E-state index contributed by atoms with van der Waals surface area (Å²) in [5.74, 6) is 0.891. The Morgan fingerprint density at radius 1 is 1.12 bits per heavy atom. The first-order valence-corrected chi connectivity index (χ1v) is 7.86. The number of hydrogen-bond donors (Lipinski definition) is 0. The number of carbonyl (C=O) groups is 1. The lowest BCUT2D eigenvalue weighted by Crippen LogP contribution is -2.27. The molecule has 0 spiro atoms. The Hall–Kier alpha value is -2.66. The highest BCUT2D eigenvalue weighted by Gasteiger charge is 2.15. The summed E-state index contributed by atoms with van der Waals surface area (Å²) in [7, 11) is 1.71. The number of likely N-dealkylation sites (N-methyl/N-ethyl adjacent to an activating group) is 1. The highest BCUT2D eigenvalue weighted by molar-refractivity contribution is 6.30. The largest absolute Gasteiger partial charge is 0.337 e. The molecule has 122 valence electrons. The van der Waals surface area contributed by atoms with Crippen molar-refractivity contribution in [1.29, 1.82) is 0 Å². The van der Waals surface area contributed by atoms with Gasteiger partial charge in [-0.15, -0.1) is 0 Å². The molecule has 3 aromatic rings. The van der Waals surface area contributed by atoms with Crippen LogP contribution in [-0.4, -0.2) is 28.0 Å². The van der Waals surface area contributed by atoms with Gasteiger partial charge in [-0.2, -0.15) is 4.98 Å². The van der Waals surface area contributed by atoms with Crippen molar-refractivity contribution >= 4 is 17.5 Å². The maximum absolute atomic E-state index is 12.3. The van der Waals surface area contributed by atoms with E-state index in [1.807, 2.05) is 42.5 Å². The monoisotopic (exact) mass is 341 g/mol. The first kappa shape index (κ1) is 16.2. The number of nitrogens with zero attached hydrogens (tertiary/aromatic N) is 3. The normalized spacial score (nSPS) is 10.6. The summed E-state index contributed by atoms with van der Waals surface area (Å²) >= 11 is 5.85. The van der Waals surface area contributed by atoms with Crippen LogP contribution < -0.4 is 0 Å². The van der Waals surface area contributed by atoms with Crippen LogP contribution >= 0.6 is 11.6 Å². The first-order valence-electron chi connectivity index (χ1n) is 7.48. The zero-order valence-corrected chi connectivity index (χ0v) is 13.9. The van der Waals surface area contributed by atoms with Gasteiger partial charge in [-0.25, -0.2) is 0 Å². The quantitative estimate of drug-likeness (QED) is 0.711. The molecule has 0 atom stereocenters. The summed E-state index contributed by atoms with van der Waals surface area (Å²) in [6, 6.07) is 16.8. The molecular formula is C18H16ClN3O2. The molecular weight excluding hydrogens is 326 g/mol. The number of amides is 1. The van der Waals surface area contributed by atoms with E-state index < -0.39 is 0 Å². The van der Waals surface area contributed by atoms with E-state index in [0.29, 0.717) is 23.2 Å². The minimum absolute atomic E-state index is 0.0308. The van der Waals surface area contributed by atoms with Crippen LogP contribution in [0.1, 0.15) is 11.5 Å². The Labute approximate surface area is 144 Å². The Bertz CT molecular complexity index is 816. The molecule has 0 unspecified atom stereocenters. The van der Waals surface area contributed by atoms with Crippen molar-refractivity contribution in [1.82, 2.24) is 15.0 Å². The van der Waals surface area contributed by atoms with Gasteiger partial charge in [0.25, 0.3) is 0 Å². The van der Waals surface area contributed by atoms with Crippen LogP contribution in [0.15, 0.2) is 59.1 Å². The van der Waals surface area contributed by atoms with E-state index in [1.165, 1.54) is 0 Å². The Morgan fingerprint density at radius 2 is 1.83 bits per heavy atom. The highest BCUT2D eigenvalue weighted by atomic mass is 35.5. The van der Waals surface area contributed by atoms with Crippen molar-refractivity contribution in [3.05, 3.63) is 71.1 Å². The fraction of sp³-hybridized carbons (Fsp3) is 0.167. The molecule has 0 aliphatic rings. The topological polar surface area (TPSA) is 59.2 Å². The van der Waals surface area contributed by atoms with E-state index >= 15 is 0 Å². The summed E-state index contributed by atoms with van der Waals surface area (Å²) < 4.78 is 5.23. The summed E-state index contributed by atoms with van der Waals surface area (Å²) in [4.78, 5) is 18.2. The Balaban J connectivity index is 1.62. The summed E-state index contributed by atoms with van der Waals surface area (Å²) in [6.07, 6.45) is 0.299. The van der Waals surface area contributed by atoms with Crippen LogP contribution in [0.4, 0.5) is 0 Å². The average molecular weight is 342 g/mol. The SMILES string of the molecule is CN(Cc1nc(-c2ccccc2)no1)C(=O)Cc1ccc(Cl)cc1. The van der Waals surface area contributed by atoms with Gasteiger partial charge in [0, 0.05) is 17.6 Å². The van der Waals surface area contributed by atoms with E-state index in [9.17, 15) is 4.79 Å². The first-order chi connectivity index (χ1) is 11.6. The zero-order valence-electron chi connectivity index (χ0n) is 13.1. The third kappa shape index (κ3) is 4.00. The van der Waals surface area contributed by atoms with Gasteiger partial charge in [0.05, 0.1) is 13.0 Å². The lowest BCUT2D eigenvalue weighted by Gasteiger charge is -2.14. The van der Waals surface area contributed by atoms with Crippen molar-refractivity contribution in [2.24, 2.45) is 0 Å². The summed E-state index contributed by atoms with van der Waals surface area (Å²) in [5, 5.41) is 4.61. The van der Waals surface area contributed by atoms with Gasteiger partial charge in [-0.05, 0) is 17.7 Å². The predicted molar refractivity (Wildman–Crippen MR) is 91.4 cm³/mol. The smallest absolute Gasteiger partial charge is 0.246 e. The van der Waals surface area contributed by atoms with Crippen LogP contribution in [0.25, 0.3) is 11.4 Å². The highest BCUT2D eigenvalue weighted by Crippen LogP contribution is 2.16. The van der Waals surface area contributed by atoms with Gasteiger partial charge in [-0.3, -0.25) is 4.79 Å². The van der Waals surface area contributed by atoms with Gasteiger partial charge in [0.15, 0.2) is 0 Å². The Kier molecular flexibility index (Phi) is 4.91. The molecule has 0 aliphatic heterocycles. The van der Waals surface area contributed by atoms with E-state index in [0.717, 1.165) is 11.1 Å². The molecule has 5 nitrogen and oxygen atoms in total. The fourth-order valence-electron chi connectivity index (χ4n) is 2.23. The molecule has 0 aliphatic carbocycles. The Morgan fingerprint density at radius 3 is 2.54 bits per heavy atom. The van der Waals surface area contributed by atoms with Crippen LogP contribution in [0, 0.1) is 0 Å². The van der Waals surface area contributed by atoms with Crippen LogP contribution in [0.5, 0.6) is 0 Å². The van der Waals surface area contributed by atoms with E-state index in [4.69, 9.17) is 16.1 Å². The minimum atomic E-state index is -0.0308. The van der Waals surface area contributed by atoms with Gasteiger partial charge in [-0.1, -0.05) is 59.2 Å². The number of benzene rings is 2. The number of carbonyl (C=O) groups excluding carboxylic acids is 1. The van der Waals surface area contributed by atoms with E-state index in [2.05, 4.69) is 10.1 Å². The maximum Gasteiger partial charge on any atom is 0.246 e. The van der Waals surface area contributed by atoms with E-state index in [1.54, 1.807) is 24.1 Å². The third-order valence-electron chi connectivity index (χ3n) is 3.57. The molecule has 1 heterocycles. The molecule has 24 heavy (non-hydrogen) atoms. The van der Waals surface area contributed by atoms with E-state index in [-0.39, 0.29) is 12.5 Å². The number of halogens is 1. The van der Waals surface area contributed by atoms with Crippen molar-refractivity contribution in [3.8, 4) is 11.4 Å².